The van der Waals surface area contributed by atoms with Crippen LogP contribution in [0.25, 0.3) is 0 Å². The highest BCUT2D eigenvalue weighted by Gasteiger charge is 2.55. The lowest BCUT2D eigenvalue weighted by Gasteiger charge is -2.56. The SMILES string of the molecule is CO[C@@H]1[C@@H](C)[C@H](NC(=O)Nc2ccc(F)c(C)c2)C1(C)C. The molecule has 0 aliphatic heterocycles. The number of ether oxygens (including phenoxy) is 1. The average molecular weight is 294 g/mol. The van der Waals surface area contributed by atoms with Gasteiger partial charge in [0.15, 0.2) is 0 Å². The Hall–Kier alpha value is -1.62. The van der Waals surface area contributed by atoms with Gasteiger partial charge in [0.1, 0.15) is 5.82 Å². The quantitative estimate of drug-likeness (QED) is 0.898. The zero-order valence-corrected chi connectivity index (χ0v) is 13.2. The van der Waals surface area contributed by atoms with E-state index in [-0.39, 0.29) is 35.3 Å². The van der Waals surface area contributed by atoms with E-state index in [2.05, 4.69) is 31.4 Å². The maximum absolute atomic E-state index is 13.2. The minimum atomic E-state index is -0.280. The molecule has 5 heteroatoms. The fraction of sp³-hybridized carbons (Fsp3) is 0.562. The summed E-state index contributed by atoms with van der Waals surface area (Å²) in [5, 5.41) is 5.72. The van der Waals surface area contributed by atoms with Crippen molar-refractivity contribution in [1.82, 2.24) is 5.32 Å². The lowest BCUT2D eigenvalue weighted by molar-refractivity contribution is -0.140. The van der Waals surface area contributed by atoms with Crippen molar-refractivity contribution in [2.75, 3.05) is 12.4 Å². The summed E-state index contributed by atoms with van der Waals surface area (Å²) in [6.07, 6.45) is 0.135. The summed E-state index contributed by atoms with van der Waals surface area (Å²) in [6.45, 7) is 7.88. The highest BCUT2D eigenvalue weighted by atomic mass is 19.1. The van der Waals surface area contributed by atoms with E-state index in [9.17, 15) is 9.18 Å². The molecule has 1 aliphatic carbocycles. The molecule has 0 saturated heterocycles. The van der Waals surface area contributed by atoms with E-state index >= 15 is 0 Å². The molecule has 1 aromatic rings. The summed E-state index contributed by atoms with van der Waals surface area (Å²) in [5.74, 6) is -0.0247. The Morgan fingerprint density at radius 1 is 1.38 bits per heavy atom. The molecular formula is C16H23FN2O2. The molecule has 4 nitrogen and oxygen atoms in total. The van der Waals surface area contributed by atoms with Crippen LogP contribution in [0.5, 0.6) is 0 Å². The first-order valence-electron chi connectivity index (χ1n) is 7.14. The van der Waals surface area contributed by atoms with Crippen LogP contribution in [0, 0.1) is 24.1 Å². The van der Waals surface area contributed by atoms with Gasteiger partial charge in [0, 0.05) is 30.2 Å². The maximum Gasteiger partial charge on any atom is 0.319 e. The van der Waals surface area contributed by atoms with Crippen molar-refractivity contribution >= 4 is 11.7 Å². The van der Waals surface area contributed by atoms with Gasteiger partial charge < -0.3 is 15.4 Å². The second-order valence-electron chi connectivity index (χ2n) is 6.38. The smallest absolute Gasteiger partial charge is 0.319 e. The number of anilines is 1. The Balaban J connectivity index is 1.98. The number of methoxy groups -OCH3 is 1. The van der Waals surface area contributed by atoms with E-state index < -0.39 is 0 Å². The number of carbonyl (C=O) groups is 1. The van der Waals surface area contributed by atoms with E-state index in [0.717, 1.165) is 0 Å². The molecule has 2 N–H and O–H groups in total. The summed E-state index contributed by atoms with van der Waals surface area (Å²) in [7, 11) is 1.69. The predicted octanol–water partition coefficient (Wildman–Crippen LogP) is 3.32. The normalized spacial score (nSPS) is 26.9. The second kappa shape index (κ2) is 5.64. The van der Waals surface area contributed by atoms with Crippen molar-refractivity contribution in [2.45, 2.75) is 39.8 Å². The van der Waals surface area contributed by atoms with Gasteiger partial charge in [-0.25, -0.2) is 9.18 Å². The maximum atomic E-state index is 13.2. The van der Waals surface area contributed by atoms with Gasteiger partial charge in [-0.3, -0.25) is 0 Å². The van der Waals surface area contributed by atoms with E-state index in [1.807, 2.05) is 0 Å². The molecule has 2 rings (SSSR count). The van der Waals surface area contributed by atoms with Gasteiger partial charge in [-0.1, -0.05) is 20.8 Å². The van der Waals surface area contributed by atoms with Gasteiger partial charge in [0.2, 0.25) is 0 Å². The number of urea groups is 1. The molecule has 1 aromatic carbocycles. The van der Waals surface area contributed by atoms with Gasteiger partial charge in [0.25, 0.3) is 0 Å². The molecular weight excluding hydrogens is 271 g/mol. The number of benzene rings is 1. The van der Waals surface area contributed by atoms with Crippen molar-refractivity contribution in [3.63, 3.8) is 0 Å². The third-order valence-corrected chi connectivity index (χ3v) is 4.49. The topological polar surface area (TPSA) is 50.4 Å². The molecule has 1 aliphatic rings. The average Bonchev–Trinajstić information content (AvgIpc) is 2.40. The molecule has 2 amide bonds. The third kappa shape index (κ3) is 2.88. The van der Waals surface area contributed by atoms with Crippen LogP contribution in [0.1, 0.15) is 26.3 Å². The molecule has 0 heterocycles. The molecule has 3 atom stereocenters. The molecule has 1 fully saturated rings. The fourth-order valence-corrected chi connectivity index (χ4v) is 3.46. The number of aryl methyl sites for hydroxylation is 1. The van der Waals surface area contributed by atoms with Gasteiger partial charge in [0.05, 0.1) is 6.10 Å². The Bertz CT molecular complexity index is 545. The Labute approximate surface area is 125 Å². The van der Waals surface area contributed by atoms with Crippen LogP contribution in [-0.2, 0) is 4.74 Å². The first-order valence-corrected chi connectivity index (χ1v) is 7.14. The lowest BCUT2D eigenvalue weighted by atomic mass is 9.58. The molecule has 0 aromatic heterocycles. The van der Waals surface area contributed by atoms with Crippen molar-refractivity contribution in [3.8, 4) is 0 Å². The number of hydrogen-bond acceptors (Lipinski definition) is 2. The van der Waals surface area contributed by atoms with Crippen molar-refractivity contribution in [3.05, 3.63) is 29.6 Å². The number of nitrogens with one attached hydrogen (secondary N) is 2. The zero-order valence-electron chi connectivity index (χ0n) is 13.2. The Morgan fingerprint density at radius 3 is 2.57 bits per heavy atom. The molecule has 21 heavy (non-hydrogen) atoms. The fourth-order valence-electron chi connectivity index (χ4n) is 3.46. The minimum absolute atomic E-state index is 0.0454. The first kappa shape index (κ1) is 15.8. The van der Waals surface area contributed by atoms with Gasteiger partial charge in [-0.05, 0) is 30.7 Å². The van der Waals surface area contributed by atoms with E-state index in [0.29, 0.717) is 11.3 Å². The van der Waals surface area contributed by atoms with Crippen molar-refractivity contribution < 1.29 is 13.9 Å². The summed E-state index contributed by atoms with van der Waals surface area (Å²) in [6, 6.07) is 4.28. The van der Waals surface area contributed by atoms with Crippen LogP contribution in [0.4, 0.5) is 14.9 Å². The molecule has 116 valence electrons. The zero-order chi connectivity index (χ0) is 15.8. The molecule has 0 bridgehead atoms. The first-order chi connectivity index (χ1) is 9.77. The third-order valence-electron chi connectivity index (χ3n) is 4.49. The number of hydrogen-bond donors (Lipinski definition) is 2. The number of carbonyl (C=O) groups excluding carboxylic acids is 1. The molecule has 0 spiro atoms. The largest absolute Gasteiger partial charge is 0.380 e. The minimum Gasteiger partial charge on any atom is -0.380 e. The highest BCUT2D eigenvalue weighted by molar-refractivity contribution is 5.89. The monoisotopic (exact) mass is 294 g/mol. The summed E-state index contributed by atoms with van der Waals surface area (Å²) in [4.78, 5) is 12.1. The summed E-state index contributed by atoms with van der Waals surface area (Å²) >= 11 is 0. The van der Waals surface area contributed by atoms with Crippen molar-refractivity contribution in [1.29, 1.82) is 0 Å². The van der Waals surface area contributed by atoms with E-state index in [4.69, 9.17) is 4.74 Å². The van der Waals surface area contributed by atoms with Gasteiger partial charge in [-0.2, -0.15) is 0 Å². The Morgan fingerprint density at radius 2 is 2.05 bits per heavy atom. The number of rotatable bonds is 3. The molecule has 1 saturated carbocycles. The molecule has 0 unspecified atom stereocenters. The lowest BCUT2D eigenvalue weighted by Crippen LogP contribution is -2.68. The number of amides is 2. The van der Waals surface area contributed by atoms with Gasteiger partial charge >= 0.3 is 6.03 Å². The molecule has 0 radical (unpaired) electrons. The van der Waals surface area contributed by atoms with Crippen LogP contribution in [0.2, 0.25) is 0 Å². The number of halogens is 1. The van der Waals surface area contributed by atoms with Crippen LogP contribution >= 0.6 is 0 Å². The van der Waals surface area contributed by atoms with Crippen LogP contribution in [0.3, 0.4) is 0 Å². The van der Waals surface area contributed by atoms with Crippen LogP contribution in [0.15, 0.2) is 18.2 Å². The van der Waals surface area contributed by atoms with E-state index in [1.165, 1.54) is 6.07 Å². The van der Waals surface area contributed by atoms with E-state index in [1.54, 1.807) is 26.2 Å². The second-order valence-corrected chi connectivity index (χ2v) is 6.38. The predicted molar refractivity (Wildman–Crippen MR) is 80.8 cm³/mol. The summed E-state index contributed by atoms with van der Waals surface area (Å²) < 4.78 is 18.7. The Kier molecular flexibility index (Phi) is 4.23. The summed E-state index contributed by atoms with van der Waals surface area (Å²) in [5.41, 5.74) is 0.980. The van der Waals surface area contributed by atoms with Crippen LogP contribution < -0.4 is 10.6 Å². The standard InChI is InChI=1S/C16H23FN2O2/c1-9-8-11(6-7-12(9)17)18-15(20)19-13-10(2)14(21-5)16(13,3)4/h6-8,10,13-14H,1-5H3,(H2,18,19,20)/t10-,13-,14+/m0/s1. The van der Waals surface area contributed by atoms with Gasteiger partial charge in [-0.15, -0.1) is 0 Å². The van der Waals surface area contributed by atoms with Crippen LogP contribution in [-0.4, -0.2) is 25.3 Å². The van der Waals surface area contributed by atoms with Crippen molar-refractivity contribution in [2.24, 2.45) is 11.3 Å². The highest BCUT2D eigenvalue weighted by Crippen LogP contribution is 2.46.